The summed E-state index contributed by atoms with van der Waals surface area (Å²) in [5.41, 5.74) is 14.7. The number of hydrogen-bond acceptors (Lipinski definition) is 2. The minimum Gasteiger partial charge on any atom is -0.296 e. The van der Waals surface area contributed by atoms with Crippen LogP contribution in [-0.2, 0) is 40.2 Å². The number of benzene rings is 6. The van der Waals surface area contributed by atoms with Crippen LogP contribution in [0.2, 0.25) is 0 Å². The van der Waals surface area contributed by atoms with Gasteiger partial charge in [0.05, 0.1) is 11.0 Å². The third kappa shape index (κ3) is 7.12. The van der Waals surface area contributed by atoms with Crippen LogP contribution in [0, 0.1) is 26.0 Å². The van der Waals surface area contributed by atoms with Gasteiger partial charge in [-0.2, -0.15) is 0 Å². The summed E-state index contributed by atoms with van der Waals surface area (Å²) in [6, 6.07) is 53.5. The molecule has 0 amide bonds. The minimum atomic E-state index is 0. The first-order valence-electron chi connectivity index (χ1n) is 15.8. The number of rotatable bonds is 5. The van der Waals surface area contributed by atoms with Crippen molar-refractivity contribution < 1.29 is 40.2 Å². The predicted molar refractivity (Wildman–Crippen MR) is 207 cm³/mol. The number of aromatic nitrogens is 2. The molecule has 2 aromatic heterocycles. The van der Waals surface area contributed by atoms with E-state index in [9.17, 15) is 0 Å². The molecule has 8 rings (SSSR count). The van der Waals surface area contributed by atoms with Crippen molar-refractivity contribution in [3.8, 4) is 55.9 Å². The first-order valence-corrected chi connectivity index (χ1v) is 17.4. The molecule has 248 valence electrons. The summed E-state index contributed by atoms with van der Waals surface area (Å²) < 4.78 is 1.97. The maximum absolute atomic E-state index is 4.92. The summed E-state index contributed by atoms with van der Waals surface area (Å²) in [5.74, 6) is 0. The Hall–Kier alpha value is -3.60. The smallest absolute Gasteiger partial charge is 0.0595 e. The number of nitrogens with zero attached hydrogens (tertiary/aromatic N) is 2. The molecule has 0 aliphatic carbocycles. The molecule has 2 nitrogen and oxygen atoms in total. The first kappa shape index (κ1) is 36.2. The standard InChI is InChI=1S/C44H28Br2N2.2Ir/c1-27-22-28(2)24-33(23-27)44-36(34-18-14-31(25-38(34)45)42-20-16-29-8-3-5-12-40(29)47-42)10-7-11-37(44)35-19-15-32(26-39(35)46)43-21-17-30-9-4-6-13-41(30)48-43;;/h3-13,16-26H,1-2H3;;/q-2;;. The van der Waals surface area contributed by atoms with Crippen LogP contribution in [0.4, 0.5) is 0 Å². The van der Waals surface area contributed by atoms with Crippen LogP contribution in [0.15, 0.2) is 142 Å². The van der Waals surface area contributed by atoms with Gasteiger partial charge in [-0.15, -0.1) is 47.5 Å². The van der Waals surface area contributed by atoms with E-state index in [2.05, 4.69) is 155 Å². The molecule has 50 heavy (non-hydrogen) atoms. The molecular formula is C44H28Br2Ir2N2-2. The largest absolute Gasteiger partial charge is 0.296 e. The van der Waals surface area contributed by atoms with Crippen molar-refractivity contribution in [3.05, 3.63) is 166 Å². The van der Waals surface area contributed by atoms with Crippen LogP contribution < -0.4 is 0 Å². The fourth-order valence-electron chi connectivity index (χ4n) is 6.50. The fourth-order valence-corrected chi connectivity index (χ4v) is 7.62. The topological polar surface area (TPSA) is 25.8 Å². The second kappa shape index (κ2) is 15.3. The second-order valence-electron chi connectivity index (χ2n) is 12.1. The average molecular weight is 1130 g/mol. The molecule has 0 atom stereocenters. The molecule has 2 heterocycles. The molecule has 6 heteroatoms. The summed E-state index contributed by atoms with van der Waals surface area (Å²) in [4.78, 5) is 9.83. The molecule has 8 aromatic rings. The third-order valence-corrected chi connectivity index (χ3v) is 10.0. The van der Waals surface area contributed by atoms with E-state index in [1.54, 1.807) is 0 Å². The Morgan fingerprint density at radius 2 is 0.940 bits per heavy atom. The SMILES string of the molecule is Cc1cc(C)cc(-c2c(-c3c[c-]c(-c4ccc5ccccc5n4)cc3Br)cccc2-c2c[c-]c(-c3ccc4ccccc4n3)cc2Br)c1.[Ir].[Ir]. The van der Waals surface area contributed by atoms with Gasteiger partial charge in [-0.1, -0.05) is 171 Å². The molecule has 0 aliphatic heterocycles. The number of halogens is 2. The quantitative estimate of drug-likeness (QED) is 0.161. The molecule has 0 fully saturated rings. The van der Waals surface area contributed by atoms with E-state index in [0.717, 1.165) is 86.6 Å². The van der Waals surface area contributed by atoms with E-state index in [1.165, 1.54) is 11.1 Å². The van der Waals surface area contributed by atoms with Gasteiger partial charge < -0.3 is 0 Å². The van der Waals surface area contributed by atoms with Gasteiger partial charge in [0.2, 0.25) is 0 Å². The third-order valence-electron chi connectivity index (χ3n) is 8.70. The van der Waals surface area contributed by atoms with E-state index in [4.69, 9.17) is 9.97 Å². The fraction of sp³-hybridized carbons (Fsp3) is 0.0455. The molecular weight excluding hydrogens is 1100 g/mol. The minimum absolute atomic E-state index is 0. The van der Waals surface area contributed by atoms with Crippen molar-refractivity contribution >= 4 is 53.7 Å². The Bertz CT molecular complexity index is 2360. The monoisotopic (exact) mass is 1130 g/mol. The second-order valence-corrected chi connectivity index (χ2v) is 13.8. The van der Waals surface area contributed by atoms with Crippen molar-refractivity contribution in [1.82, 2.24) is 9.97 Å². The van der Waals surface area contributed by atoms with E-state index in [1.807, 2.05) is 36.4 Å². The average Bonchev–Trinajstić information content (AvgIpc) is 3.10. The van der Waals surface area contributed by atoms with Crippen molar-refractivity contribution in [2.45, 2.75) is 13.8 Å². The molecule has 0 bridgehead atoms. The van der Waals surface area contributed by atoms with Gasteiger partial charge in [0.15, 0.2) is 0 Å². The Morgan fingerprint density at radius 3 is 1.40 bits per heavy atom. The van der Waals surface area contributed by atoms with Gasteiger partial charge in [0.1, 0.15) is 0 Å². The Labute approximate surface area is 336 Å². The predicted octanol–water partition coefficient (Wildman–Crippen LogP) is 12.9. The zero-order valence-corrected chi connectivity index (χ0v) is 35.0. The Morgan fingerprint density at radius 1 is 0.480 bits per heavy atom. The molecule has 0 saturated heterocycles. The Kier molecular flexibility index (Phi) is 11.1. The summed E-state index contributed by atoms with van der Waals surface area (Å²) in [5, 5.41) is 2.24. The van der Waals surface area contributed by atoms with Gasteiger partial charge >= 0.3 is 0 Å². The van der Waals surface area contributed by atoms with E-state index >= 15 is 0 Å². The van der Waals surface area contributed by atoms with Crippen molar-refractivity contribution in [3.63, 3.8) is 0 Å². The molecule has 0 spiro atoms. The van der Waals surface area contributed by atoms with Crippen LogP contribution in [0.5, 0.6) is 0 Å². The van der Waals surface area contributed by atoms with Crippen LogP contribution in [0.25, 0.3) is 77.7 Å². The van der Waals surface area contributed by atoms with Crippen LogP contribution in [0.1, 0.15) is 11.1 Å². The summed E-state index contributed by atoms with van der Waals surface area (Å²) >= 11 is 7.89. The number of hydrogen-bond donors (Lipinski definition) is 0. The molecule has 0 unspecified atom stereocenters. The molecule has 0 N–H and O–H groups in total. The van der Waals surface area contributed by atoms with E-state index < -0.39 is 0 Å². The molecule has 0 aliphatic rings. The summed E-state index contributed by atoms with van der Waals surface area (Å²) in [6.45, 7) is 4.31. The van der Waals surface area contributed by atoms with E-state index in [-0.39, 0.29) is 40.2 Å². The zero-order chi connectivity index (χ0) is 32.8. The van der Waals surface area contributed by atoms with Crippen molar-refractivity contribution in [2.24, 2.45) is 0 Å². The van der Waals surface area contributed by atoms with Gasteiger partial charge in [0.25, 0.3) is 0 Å². The maximum atomic E-state index is 4.92. The van der Waals surface area contributed by atoms with Crippen LogP contribution in [-0.4, -0.2) is 9.97 Å². The zero-order valence-electron chi connectivity index (χ0n) is 27.0. The van der Waals surface area contributed by atoms with Crippen LogP contribution in [0.3, 0.4) is 0 Å². The van der Waals surface area contributed by atoms with Gasteiger partial charge in [-0.05, 0) is 59.3 Å². The van der Waals surface area contributed by atoms with E-state index in [0.29, 0.717) is 0 Å². The van der Waals surface area contributed by atoms with Gasteiger partial charge in [-0.25, -0.2) is 0 Å². The summed E-state index contributed by atoms with van der Waals surface area (Å²) in [7, 11) is 0. The summed E-state index contributed by atoms with van der Waals surface area (Å²) in [6.07, 6.45) is 0. The van der Waals surface area contributed by atoms with Crippen molar-refractivity contribution in [1.29, 1.82) is 0 Å². The number of aryl methyl sites for hydroxylation is 2. The number of pyridine rings is 2. The molecule has 0 saturated carbocycles. The molecule has 6 aromatic carbocycles. The Balaban J connectivity index is 0.00000216. The van der Waals surface area contributed by atoms with Crippen LogP contribution >= 0.6 is 31.9 Å². The number of fused-ring (bicyclic) bond motifs is 2. The molecule has 2 radical (unpaired) electrons. The van der Waals surface area contributed by atoms with Gasteiger partial charge in [-0.3, -0.25) is 9.97 Å². The van der Waals surface area contributed by atoms with Gasteiger partial charge in [0, 0.05) is 40.2 Å². The first-order chi connectivity index (χ1) is 23.4. The van der Waals surface area contributed by atoms with Crippen molar-refractivity contribution in [2.75, 3.05) is 0 Å². The number of para-hydroxylation sites is 2. The maximum Gasteiger partial charge on any atom is 0.0595 e. The normalized spacial score (nSPS) is 10.9.